The van der Waals surface area contributed by atoms with Gasteiger partial charge in [0.05, 0.1) is 18.3 Å². The molecule has 0 aliphatic heterocycles. The maximum absolute atomic E-state index is 9.65. The zero-order valence-electron chi connectivity index (χ0n) is 16.1. The normalized spacial score (nSPS) is 12.1. The number of nitrogens with one attached hydrogen (secondary N) is 2. The lowest BCUT2D eigenvalue weighted by Gasteiger charge is -2.20. The van der Waals surface area contributed by atoms with E-state index in [0.717, 1.165) is 22.5 Å². The highest BCUT2D eigenvalue weighted by atomic mass is 35.5. The van der Waals surface area contributed by atoms with E-state index in [9.17, 15) is 5.11 Å². The number of halogens is 1. The van der Waals surface area contributed by atoms with E-state index in [1.807, 2.05) is 57.2 Å². The lowest BCUT2D eigenvalue weighted by molar-refractivity contribution is 0.248. The summed E-state index contributed by atoms with van der Waals surface area (Å²) in [5.74, 6) is 1.30. The zero-order chi connectivity index (χ0) is 20.1. The molecule has 2 aromatic heterocycles. The van der Waals surface area contributed by atoms with E-state index in [-0.39, 0.29) is 18.6 Å². The van der Waals surface area contributed by atoms with Gasteiger partial charge >= 0.3 is 0 Å². The van der Waals surface area contributed by atoms with E-state index < -0.39 is 0 Å². The van der Waals surface area contributed by atoms with Gasteiger partial charge in [-0.1, -0.05) is 31.5 Å². The van der Waals surface area contributed by atoms with Crippen molar-refractivity contribution in [1.29, 1.82) is 0 Å². The number of benzene rings is 1. The van der Waals surface area contributed by atoms with Crippen LogP contribution in [-0.4, -0.2) is 32.7 Å². The van der Waals surface area contributed by atoms with Gasteiger partial charge < -0.3 is 15.7 Å². The predicted molar refractivity (Wildman–Crippen MR) is 114 cm³/mol. The molecule has 0 aliphatic carbocycles. The standard InChI is InChI=1S/C21H24ClN5O/c1-13(2)19(12-28)26-21-25-18(15-6-8-23-9-7-15)11-20(27-21)24-16-5-4-14(3)17(22)10-16/h4-11,13,19,28H,12H2,1-3H3,(H2,24,25,26,27)/t19-/m0/s1. The number of anilines is 3. The maximum atomic E-state index is 9.65. The van der Waals surface area contributed by atoms with E-state index in [4.69, 9.17) is 11.6 Å². The molecule has 0 saturated carbocycles. The van der Waals surface area contributed by atoms with Crippen LogP contribution in [0.2, 0.25) is 5.02 Å². The minimum atomic E-state index is -0.144. The van der Waals surface area contributed by atoms with Gasteiger partial charge in [-0.15, -0.1) is 0 Å². The lowest BCUT2D eigenvalue weighted by atomic mass is 10.1. The molecule has 3 aromatic rings. The van der Waals surface area contributed by atoms with Crippen LogP contribution in [0, 0.1) is 12.8 Å². The molecule has 0 amide bonds. The summed E-state index contributed by atoms with van der Waals surface area (Å²) < 4.78 is 0. The monoisotopic (exact) mass is 397 g/mol. The summed E-state index contributed by atoms with van der Waals surface area (Å²) in [5.41, 5.74) is 3.53. The third-order valence-electron chi connectivity index (χ3n) is 4.46. The van der Waals surface area contributed by atoms with Crippen LogP contribution in [0.3, 0.4) is 0 Å². The summed E-state index contributed by atoms with van der Waals surface area (Å²) in [6, 6.07) is 11.3. The van der Waals surface area contributed by atoms with E-state index in [1.165, 1.54) is 0 Å². The molecule has 146 valence electrons. The number of pyridine rings is 1. The molecule has 0 aliphatic rings. The number of aromatic nitrogens is 3. The van der Waals surface area contributed by atoms with Crippen LogP contribution in [0.1, 0.15) is 19.4 Å². The van der Waals surface area contributed by atoms with Crippen LogP contribution in [0.25, 0.3) is 11.3 Å². The first-order valence-electron chi connectivity index (χ1n) is 9.16. The van der Waals surface area contributed by atoms with Crippen molar-refractivity contribution in [2.75, 3.05) is 17.2 Å². The van der Waals surface area contributed by atoms with E-state index >= 15 is 0 Å². The second-order valence-corrected chi connectivity index (χ2v) is 7.37. The number of aliphatic hydroxyl groups is 1. The Bertz CT molecular complexity index is 933. The summed E-state index contributed by atoms with van der Waals surface area (Å²) in [4.78, 5) is 13.3. The molecule has 28 heavy (non-hydrogen) atoms. The molecular formula is C21H24ClN5O. The van der Waals surface area contributed by atoms with Crippen molar-refractivity contribution in [2.45, 2.75) is 26.8 Å². The topological polar surface area (TPSA) is 83.0 Å². The van der Waals surface area contributed by atoms with E-state index in [1.54, 1.807) is 12.4 Å². The molecule has 1 aromatic carbocycles. The smallest absolute Gasteiger partial charge is 0.225 e. The number of aliphatic hydroxyl groups excluding tert-OH is 1. The van der Waals surface area contributed by atoms with E-state index in [0.29, 0.717) is 16.8 Å². The van der Waals surface area contributed by atoms with Crippen molar-refractivity contribution in [1.82, 2.24) is 15.0 Å². The third-order valence-corrected chi connectivity index (χ3v) is 4.87. The van der Waals surface area contributed by atoms with Crippen LogP contribution in [0.4, 0.5) is 17.5 Å². The zero-order valence-corrected chi connectivity index (χ0v) is 16.9. The van der Waals surface area contributed by atoms with Gasteiger partial charge in [-0.3, -0.25) is 4.98 Å². The maximum Gasteiger partial charge on any atom is 0.225 e. The Balaban J connectivity index is 1.97. The molecule has 1 atom stereocenters. The first-order valence-corrected chi connectivity index (χ1v) is 9.54. The van der Waals surface area contributed by atoms with Gasteiger partial charge in [0, 0.05) is 34.7 Å². The molecule has 0 bridgehead atoms. The Morgan fingerprint density at radius 3 is 2.46 bits per heavy atom. The molecule has 0 spiro atoms. The average molecular weight is 398 g/mol. The minimum absolute atomic E-state index is 0.00313. The van der Waals surface area contributed by atoms with Gasteiger partial charge in [0.25, 0.3) is 0 Å². The average Bonchev–Trinajstić information content (AvgIpc) is 2.69. The fourth-order valence-electron chi connectivity index (χ4n) is 2.65. The Kier molecular flexibility index (Phi) is 6.44. The number of hydrogen-bond acceptors (Lipinski definition) is 6. The van der Waals surface area contributed by atoms with E-state index in [2.05, 4.69) is 25.6 Å². The summed E-state index contributed by atoms with van der Waals surface area (Å²) in [6.07, 6.45) is 3.45. The Morgan fingerprint density at radius 1 is 1.07 bits per heavy atom. The van der Waals surface area contributed by atoms with Crippen molar-refractivity contribution in [3.8, 4) is 11.3 Å². The van der Waals surface area contributed by atoms with Crippen molar-refractivity contribution >= 4 is 29.1 Å². The van der Waals surface area contributed by atoms with Gasteiger partial charge in [0.2, 0.25) is 5.95 Å². The third kappa shape index (κ3) is 4.97. The van der Waals surface area contributed by atoms with Crippen LogP contribution in [-0.2, 0) is 0 Å². The fourth-order valence-corrected chi connectivity index (χ4v) is 2.83. The highest BCUT2D eigenvalue weighted by molar-refractivity contribution is 6.31. The minimum Gasteiger partial charge on any atom is -0.394 e. The van der Waals surface area contributed by atoms with Crippen LogP contribution in [0.15, 0.2) is 48.8 Å². The molecule has 0 fully saturated rings. The molecule has 7 heteroatoms. The van der Waals surface area contributed by atoms with Crippen molar-refractivity contribution in [2.24, 2.45) is 5.92 Å². The second-order valence-electron chi connectivity index (χ2n) is 6.96. The highest BCUT2D eigenvalue weighted by Gasteiger charge is 2.15. The summed E-state index contributed by atoms with van der Waals surface area (Å²) in [6.45, 7) is 6.03. The quantitative estimate of drug-likeness (QED) is 0.537. The molecule has 2 heterocycles. The lowest BCUT2D eigenvalue weighted by Crippen LogP contribution is -2.30. The Hall–Kier alpha value is -2.70. The predicted octanol–water partition coefficient (Wildman–Crippen LogP) is 4.67. The van der Waals surface area contributed by atoms with Crippen LogP contribution >= 0.6 is 11.6 Å². The van der Waals surface area contributed by atoms with Crippen molar-refractivity contribution in [3.05, 3.63) is 59.4 Å². The van der Waals surface area contributed by atoms with Gasteiger partial charge in [-0.25, -0.2) is 4.98 Å². The molecule has 0 radical (unpaired) electrons. The molecular weight excluding hydrogens is 374 g/mol. The SMILES string of the molecule is Cc1ccc(Nc2cc(-c3ccncc3)nc(N[C@@H](CO)C(C)C)n2)cc1Cl. The number of nitrogens with zero attached hydrogens (tertiary/aromatic N) is 3. The molecule has 3 rings (SSSR count). The molecule has 3 N–H and O–H groups in total. The first kappa shape index (κ1) is 20.0. The first-order chi connectivity index (χ1) is 13.5. The van der Waals surface area contributed by atoms with Gasteiger partial charge in [-0.2, -0.15) is 4.98 Å². The number of rotatable bonds is 7. The van der Waals surface area contributed by atoms with Gasteiger partial charge in [0.1, 0.15) is 5.82 Å². The summed E-state index contributed by atoms with van der Waals surface area (Å²) in [7, 11) is 0. The van der Waals surface area contributed by atoms with Gasteiger partial charge in [0.15, 0.2) is 0 Å². The Morgan fingerprint density at radius 2 is 1.82 bits per heavy atom. The summed E-state index contributed by atoms with van der Waals surface area (Å²) in [5, 5.41) is 16.9. The van der Waals surface area contributed by atoms with Crippen LogP contribution in [0.5, 0.6) is 0 Å². The highest BCUT2D eigenvalue weighted by Crippen LogP contribution is 2.26. The summed E-state index contributed by atoms with van der Waals surface area (Å²) >= 11 is 6.24. The number of aryl methyl sites for hydroxylation is 1. The van der Waals surface area contributed by atoms with Crippen molar-refractivity contribution in [3.63, 3.8) is 0 Å². The Labute approximate surface area is 170 Å². The number of hydrogen-bond donors (Lipinski definition) is 3. The largest absolute Gasteiger partial charge is 0.394 e. The van der Waals surface area contributed by atoms with Crippen molar-refractivity contribution < 1.29 is 5.11 Å². The molecule has 6 nitrogen and oxygen atoms in total. The van der Waals surface area contributed by atoms with Crippen LogP contribution < -0.4 is 10.6 Å². The molecule has 0 unspecified atom stereocenters. The molecule has 0 saturated heterocycles. The van der Waals surface area contributed by atoms with Gasteiger partial charge in [-0.05, 0) is 42.7 Å². The second kappa shape index (κ2) is 8.99. The fraction of sp³-hybridized carbons (Fsp3) is 0.286.